The third-order valence-electron chi connectivity index (χ3n) is 1.60. The maximum absolute atomic E-state index is 9.90. The first-order chi connectivity index (χ1) is 5.77. The van der Waals surface area contributed by atoms with Gasteiger partial charge in [-0.25, -0.2) is 0 Å². The molecule has 0 saturated heterocycles. The van der Waals surface area contributed by atoms with Crippen molar-refractivity contribution in [3.05, 3.63) is 0 Å². The highest BCUT2D eigenvalue weighted by Crippen LogP contribution is 2.08. The molecule has 0 rings (SSSR count). The molecule has 0 amide bonds. The van der Waals surface area contributed by atoms with Crippen molar-refractivity contribution < 1.29 is 4.79 Å². The molecule has 1 nitrogen and oxygen atoms in total. The Morgan fingerprint density at radius 2 is 1.67 bits per heavy atom. The van der Waals surface area contributed by atoms with Gasteiger partial charge < -0.3 is 4.79 Å². The average molecular weight is 172 g/mol. The van der Waals surface area contributed by atoms with E-state index in [4.69, 9.17) is 0 Å². The highest BCUT2D eigenvalue weighted by molar-refractivity contribution is 5.48. The van der Waals surface area contributed by atoms with E-state index in [-0.39, 0.29) is 0 Å². The first-order valence-corrected chi connectivity index (χ1v) is 5.21. The van der Waals surface area contributed by atoms with E-state index in [0.29, 0.717) is 0 Å². The van der Waals surface area contributed by atoms with Crippen LogP contribution in [0.5, 0.6) is 0 Å². The third-order valence-corrected chi connectivity index (χ3v) is 1.60. The minimum Gasteiger partial charge on any atom is -0.303 e. The molecule has 12 heavy (non-hydrogen) atoms. The van der Waals surface area contributed by atoms with Crippen molar-refractivity contribution in [1.29, 1.82) is 0 Å². The number of hydrogen-bond donors (Lipinski definition) is 0. The minimum absolute atomic E-state index is 0.748. The predicted molar refractivity (Wildman–Crippen MR) is 55.3 cm³/mol. The van der Waals surface area contributed by atoms with E-state index in [9.17, 15) is 4.79 Å². The Morgan fingerprint density at radius 1 is 1.08 bits per heavy atom. The predicted octanol–water partition coefficient (Wildman–Crippen LogP) is 3.82. The second-order valence-electron chi connectivity index (χ2n) is 3.20. The van der Waals surface area contributed by atoms with E-state index >= 15 is 0 Å². The van der Waals surface area contributed by atoms with Crippen molar-refractivity contribution in [3.63, 3.8) is 0 Å². The lowest BCUT2D eigenvalue weighted by Crippen LogP contribution is -1.86. The molecule has 0 radical (unpaired) electrons. The van der Waals surface area contributed by atoms with Crippen LogP contribution in [0.1, 0.15) is 59.8 Å². The Morgan fingerprint density at radius 3 is 2.08 bits per heavy atom. The van der Waals surface area contributed by atoms with Gasteiger partial charge in [-0.15, -0.1) is 0 Å². The number of rotatable bonds is 6. The number of unbranched alkanes of at least 4 members (excludes halogenated alkanes) is 3. The van der Waals surface area contributed by atoms with Gasteiger partial charge in [-0.3, -0.25) is 0 Å². The molecule has 0 bridgehead atoms. The molecule has 0 aromatic heterocycles. The van der Waals surface area contributed by atoms with Crippen molar-refractivity contribution in [2.75, 3.05) is 0 Å². The standard InChI is InChI=1S/C9H18O.C2H6/c1-9(2)7-5-3-4-6-8-10;1-2/h8-9H,3-7H2,1-2H3;1-2H3. The monoisotopic (exact) mass is 172 g/mol. The third kappa shape index (κ3) is 16.3. The molecule has 0 saturated carbocycles. The van der Waals surface area contributed by atoms with E-state index in [1.54, 1.807) is 0 Å². The van der Waals surface area contributed by atoms with Crippen LogP contribution < -0.4 is 0 Å². The number of aldehydes is 1. The van der Waals surface area contributed by atoms with Crippen LogP contribution in [0.3, 0.4) is 0 Å². The molecule has 74 valence electrons. The Bertz CT molecular complexity index is 77.1. The van der Waals surface area contributed by atoms with Crippen molar-refractivity contribution in [2.45, 2.75) is 59.8 Å². The molecule has 0 spiro atoms. The van der Waals surface area contributed by atoms with Crippen LogP contribution >= 0.6 is 0 Å². The normalized spacial score (nSPS) is 9.08. The molecule has 0 aromatic rings. The summed E-state index contributed by atoms with van der Waals surface area (Å²) in [6.07, 6.45) is 6.64. The molecule has 0 fully saturated rings. The largest absolute Gasteiger partial charge is 0.303 e. The van der Waals surface area contributed by atoms with Gasteiger partial charge in [0, 0.05) is 6.42 Å². The van der Waals surface area contributed by atoms with Gasteiger partial charge in [0.15, 0.2) is 0 Å². The fourth-order valence-corrected chi connectivity index (χ4v) is 0.957. The van der Waals surface area contributed by atoms with Gasteiger partial charge in [0.1, 0.15) is 6.29 Å². The number of hydrogen-bond acceptors (Lipinski definition) is 1. The van der Waals surface area contributed by atoms with Crippen molar-refractivity contribution >= 4 is 6.29 Å². The number of carbonyl (C=O) groups is 1. The van der Waals surface area contributed by atoms with Crippen LogP contribution in [0.25, 0.3) is 0 Å². The average Bonchev–Trinajstić information content (AvgIpc) is 2.07. The maximum atomic E-state index is 9.90. The van der Waals surface area contributed by atoms with Crippen LogP contribution in [-0.4, -0.2) is 6.29 Å². The summed E-state index contributed by atoms with van der Waals surface area (Å²) in [5.41, 5.74) is 0. The summed E-state index contributed by atoms with van der Waals surface area (Å²) in [5.74, 6) is 0.816. The van der Waals surface area contributed by atoms with Gasteiger partial charge in [-0.1, -0.05) is 47.0 Å². The van der Waals surface area contributed by atoms with Crippen LogP contribution in [0, 0.1) is 5.92 Å². The van der Waals surface area contributed by atoms with Gasteiger partial charge >= 0.3 is 0 Å². The molecule has 0 aliphatic heterocycles. The van der Waals surface area contributed by atoms with Gasteiger partial charge in [0.2, 0.25) is 0 Å². The lowest BCUT2D eigenvalue weighted by molar-refractivity contribution is -0.107. The molecule has 0 unspecified atom stereocenters. The van der Waals surface area contributed by atoms with Crippen LogP contribution in [-0.2, 0) is 4.79 Å². The second kappa shape index (κ2) is 13.3. The first-order valence-electron chi connectivity index (χ1n) is 5.21. The van der Waals surface area contributed by atoms with E-state index in [1.807, 2.05) is 13.8 Å². The minimum atomic E-state index is 0.748. The highest BCUT2D eigenvalue weighted by Gasteiger charge is 1.92. The fraction of sp³-hybridized carbons (Fsp3) is 0.909. The quantitative estimate of drug-likeness (QED) is 0.440. The molecule has 1 heteroatoms. The topological polar surface area (TPSA) is 17.1 Å². The van der Waals surface area contributed by atoms with Crippen LogP contribution in [0.15, 0.2) is 0 Å². The molecule has 0 aromatic carbocycles. The summed E-state index contributed by atoms with van der Waals surface area (Å²) in [5, 5.41) is 0. The molecule has 0 aliphatic rings. The zero-order valence-electron chi connectivity index (χ0n) is 9.10. The summed E-state index contributed by atoms with van der Waals surface area (Å²) in [7, 11) is 0. The van der Waals surface area contributed by atoms with Gasteiger partial charge in [0.05, 0.1) is 0 Å². The summed E-state index contributed by atoms with van der Waals surface area (Å²) < 4.78 is 0. The molecular weight excluding hydrogens is 148 g/mol. The lowest BCUT2D eigenvalue weighted by Gasteiger charge is -2.01. The first kappa shape index (κ1) is 14.2. The molecule has 0 N–H and O–H groups in total. The van der Waals surface area contributed by atoms with Crippen LogP contribution in [0.2, 0.25) is 0 Å². The molecule has 0 aliphatic carbocycles. The van der Waals surface area contributed by atoms with E-state index in [1.165, 1.54) is 19.3 Å². The molecular formula is C11H24O. The van der Waals surface area contributed by atoms with E-state index in [0.717, 1.165) is 25.0 Å². The van der Waals surface area contributed by atoms with E-state index in [2.05, 4.69) is 13.8 Å². The van der Waals surface area contributed by atoms with Crippen molar-refractivity contribution in [3.8, 4) is 0 Å². The summed E-state index contributed by atoms with van der Waals surface area (Å²) in [6.45, 7) is 8.47. The SMILES string of the molecule is CC.CC(C)CCCCCC=O. The maximum Gasteiger partial charge on any atom is 0.119 e. The lowest BCUT2D eigenvalue weighted by atomic mass is 10.0. The van der Waals surface area contributed by atoms with Crippen molar-refractivity contribution in [1.82, 2.24) is 0 Å². The van der Waals surface area contributed by atoms with E-state index < -0.39 is 0 Å². The second-order valence-corrected chi connectivity index (χ2v) is 3.20. The number of carbonyl (C=O) groups excluding carboxylic acids is 1. The zero-order valence-corrected chi connectivity index (χ0v) is 9.10. The fourth-order valence-electron chi connectivity index (χ4n) is 0.957. The Hall–Kier alpha value is -0.330. The highest BCUT2D eigenvalue weighted by atomic mass is 16.1. The summed E-state index contributed by atoms with van der Waals surface area (Å²) in [4.78, 5) is 9.90. The zero-order chi connectivity index (χ0) is 9.82. The molecule has 0 heterocycles. The van der Waals surface area contributed by atoms with Gasteiger partial charge in [-0.05, 0) is 12.3 Å². The van der Waals surface area contributed by atoms with Gasteiger partial charge in [-0.2, -0.15) is 0 Å². The Labute approximate surface area is 77.6 Å². The van der Waals surface area contributed by atoms with Crippen molar-refractivity contribution in [2.24, 2.45) is 5.92 Å². The molecule has 0 atom stereocenters. The van der Waals surface area contributed by atoms with Crippen LogP contribution in [0.4, 0.5) is 0 Å². The van der Waals surface area contributed by atoms with Gasteiger partial charge in [0.25, 0.3) is 0 Å². The Balaban J connectivity index is 0. The smallest absolute Gasteiger partial charge is 0.119 e. The Kier molecular flexibility index (Phi) is 15.7. The summed E-state index contributed by atoms with van der Waals surface area (Å²) >= 11 is 0. The summed E-state index contributed by atoms with van der Waals surface area (Å²) in [6, 6.07) is 0.